The van der Waals surface area contributed by atoms with Gasteiger partial charge in [0.05, 0.1) is 18.0 Å². The first-order valence-electron chi connectivity index (χ1n) is 5.99. The van der Waals surface area contributed by atoms with Gasteiger partial charge in [-0.25, -0.2) is 4.79 Å². The number of hydrogen-bond acceptors (Lipinski definition) is 5. The van der Waals surface area contributed by atoms with Crippen molar-refractivity contribution in [2.45, 2.75) is 13.3 Å². The molecule has 0 saturated carbocycles. The maximum atomic E-state index is 11.7. The summed E-state index contributed by atoms with van der Waals surface area (Å²) < 4.78 is 33.3. The van der Waals surface area contributed by atoms with E-state index in [9.17, 15) is 13.2 Å². The van der Waals surface area contributed by atoms with Crippen molar-refractivity contribution >= 4 is 21.9 Å². The van der Waals surface area contributed by atoms with Crippen molar-refractivity contribution in [2.75, 3.05) is 23.8 Å². The van der Waals surface area contributed by atoms with E-state index in [0.29, 0.717) is 18.7 Å². The lowest BCUT2D eigenvalue weighted by atomic mass is 10.3. The summed E-state index contributed by atoms with van der Waals surface area (Å²) >= 11 is 0. The molecule has 1 aliphatic rings. The van der Waals surface area contributed by atoms with Gasteiger partial charge in [0.25, 0.3) is 0 Å². The highest BCUT2D eigenvalue weighted by molar-refractivity contribution is 7.87. The third-order valence-corrected chi connectivity index (χ3v) is 3.93. The Morgan fingerprint density at radius 3 is 2.74 bits per heavy atom. The topological polar surface area (TPSA) is 72.9 Å². The Labute approximate surface area is 112 Å². The lowest BCUT2D eigenvalue weighted by Gasteiger charge is -2.17. The molecule has 1 aromatic carbocycles. The van der Waals surface area contributed by atoms with Gasteiger partial charge in [-0.15, -0.1) is 0 Å². The molecule has 104 valence electrons. The zero-order chi connectivity index (χ0) is 13.9. The van der Waals surface area contributed by atoms with Crippen LogP contribution in [0.4, 0.5) is 10.5 Å². The minimum atomic E-state index is -3.63. The Hall–Kier alpha value is -1.76. The minimum absolute atomic E-state index is 0.0637. The van der Waals surface area contributed by atoms with Crippen LogP contribution in [0.15, 0.2) is 24.3 Å². The fourth-order valence-corrected chi connectivity index (χ4v) is 2.79. The maximum Gasteiger partial charge on any atom is 0.414 e. The van der Waals surface area contributed by atoms with Gasteiger partial charge in [-0.05, 0) is 18.6 Å². The van der Waals surface area contributed by atoms with Crippen LogP contribution in [0, 0.1) is 0 Å². The van der Waals surface area contributed by atoms with Gasteiger partial charge in [0.15, 0.2) is 5.75 Å². The van der Waals surface area contributed by atoms with E-state index in [4.69, 9.17) is 8.92 Å². The summed E-state index contributed by atoms with van der Waals surface area (Å²) in [6.45, 7) is 2.42. The molecule has 1 saturated heterocycles. The molecule has 1 aliphatic heterocycles. The molecule has 0 N–H and O–H groups in total. The molecule has 1 amide bonds. The van der Waals surface area contributed by atoms with E-state index >= 15 is 0 Å². The largest absolute Gasteiger partial charge is 0.447 e. The van der Waals surface area contributed by atoms with E-state index in [1.54, 1.807) is 25.1 Å². The Morgan fingerprint density at radius 2 is 2.11 bits per heavy atom. The first-order chi connectivity index (χ1) is 9.03. The quantitative estimate of drug-likeness (QED) is 0.771. The standard InChI is InChI=1S/C12H15NO5S/c1-2-9-19(15,16)18-11-6-4-3-5-10(11)13-7-8-17-12(13)14/h3-6H,2,7-9H2,1H3. The van der Waals surface area contributed by atoms with E-state index in [-0.39, 0.29) is 18.1 Å². The van der Waals surface area contributed by atoms with Crippen LogP contribution in [0.5, 0.6) is 5.75 Å². The number of anilines is 1. The Balaban J connectivity index is 2.29. The summed E-state index contributed by atoms with van der Waals surface area (Å²) in [7, 11) is -3.63. The lowest BCUT2D eigenvalue weighted by molar-refractivity contribution is 0.181. The molecule has 7 heteroatoms. The number of ether oxygens (including phenoxy) is 1. The second kappa shape index (κ2) is 5.48. The highest BCUT2D eigenvalue weighted by Gasteiger charge is 2.27. The number of rotatable bonds is 5. The fourth-order valence-electron chi connectivity index (χ4n) is 1.79. The van der Waals surface area contributed by atoms with Crippen molar-refractivity contribution in [3.05, 3.63) is 24.3 Å². The van der Waals surface area contributed by atoms with Crippen molar-refractivity contribution in [3.8, 4) is 5.75 Å². The summed E-state index contributed by atoms with van der Waals surface area (Å²) in [5.41, 5.74) is 0.407. The third kappa shape index (κ3) is 3.17. The van der Waals surface area contributed by atoms with Crippen LogP contribution in [0.25, 0.3) is 0 Å². The molecule has 1 aromatic rings. The molecule has 0 radical (unpaired) electrons. The number of carbonyl (C=O) groups is 1. The zero-order valence-electron chi connectivity index (χ0n) is 10.5. The van der Waals surface area contributed by atoms with Crippen molar-refractivity contribution in [2.24, 2.45) is 0 Å². The van der Waals surface area contributed by atoms with Crippen LogP contribution >= 0.6 is 0 Å². The van der Waals surface area contributed by atoms with Crippen molar-refractivity contribution in [1.29, 1.82) is 0 Å². The van der Waals surface area contributed by atoms with Gasteiger partial charge >= 0.3 is 16.2 Å². The number of carbonyl (C=O) groups excluding carboxylic acids is 1. The van der Waals surface area contributed by atoms with Gasteiger partial charge in [-0.3, -0.25) is 4.90 Å². The van der Waals surface area contributed by atoms with Gasteiger partial charge in [-0.2, -0.15) is 8.42 Å². The number of amides is 1. The van der Waals surface area contributed by atoms with Crippen LogP contribution < -0.4 is 9.08 Å². The predicted molar refractivity (Wildman–Crippen MR) is 69.8 cm³/mol. The Kier molecular flexibility index (Phi) is 3.94. The van der Waals surface area contributed by atoms with Crippen LogP contribution in [0.3, 0.4) is 0 Å². The summed E-state index contributed by atoms with van der Waals surface area (Å²) in [6.07, 6.45) is -0.0278. The third-order valence-electron chi connectivity index (χ3n) is 2.59. The molecule has 0 unspecified atom stereocenters. The van der Waals surface area contributed by atoms with E-state index in [2.05, 4.69) is 0 Å². The van der Waals surface area contributed by atoms with Crippen LogP contribution in [0.1, 0.15) is 13.3 Å². The van der Waals surface area contributed by atoms with Gasteiger partial charge in [0.1, 0.15) is 6.61 Å². The molecule has 0 atom stereocenters. The second-order valence-electron chi connectivity index (χ2n) is 4.08. The Morgan fingerprint density at radius 1 is 1.37 bits per heavy atom. The van der Waals surface area contributed by atoms with Crippen LogP contribution in [-0.2, 0) is 14.9 Å². The highest BCUT2D eigenvalue weighted by atomic mass is 32.2. The summed E-state index contributed by atoms with van der Waals surface area (Å²) in [6, 6.07) is 6.51. The monoisotopic (exact) mass is 285 g/mol. The molecule has 6 nitrogen and oxygen atoms in total. The summed E-state index contributed by atoms with van der Waals surface area (Å²) in [5, 5.41) is 0. The SMILES string of the molecule is CCCS(=O)(=O)Oc1ccccc1N1CCOC1=O. The fraction of sp³-hybridized carbons (Fsp3) is 0.417. The van der Waals surface area contributed by atoms with Crippen molar-refractivity contribution in [3.63, 3.8) is 0 Å². The number of para-hydroxylation sites is 2. The van der Waals surface area contributed by atoms with Gasteiger partial charge < -0.3 is 8.92 Å². The van der Waals surface area contributed by atoms with E-state index < -0.39 is 16.2 Å². The summed E-state index contributed by atoms with van der Waals surface area (Å²) in [4.78, 5) is 12.9. The molecule has 0 aromatic heterocycles. The van der Waals surface area contributed by atoms with Gasteiger partial charge in [0.2, 0.25) is 0 Å². The highest BCUT2D eigenvalue weighted by Crippen LogP contribution is 2.31. The molecule has 1 heterocycles. The molecule has 0 aliphatic carbocycles. The van der Waals surface area contributed by atoms with Crippen molar-refractivity contribution < 1.29 is 22.1 Å². The first kappa shape index (κ1) is 13.7. The van der Waals surface area contributed by atoms with Gasteiger partial charge in [0, 0.05) is 0 Å². The molecule has 1 fully saturated rings. The predicted octanol–water partition coefficient (Wildman–Crippen LogP) is 1.76. The smallest absolute Gasteiger partial charge is 0.414 e. The molecule has 19 heavy (non-hydrogen) atoms. The first-order valence-corrected chi connectivity index (χ1v) is 7.56. The second-order valence-corrected chi connectivity index (χ2v) is 5.77. The van der Waals surface area contributed by atoms with E-state index in [1.165, 1.54) is 11.0 Å². The number of benzene rings is 1. The molecular weight excluding hydrogens is 270 g/mol. The van der Waals surface area contributed by atoms with Crippen molar-refractivity contribution in [1.82, 2.24) is 0 Å². The van der Waals surface area contributed by atoms with E-state index in [0.717, 1.165) is 0 Å². The average Bonchev–Trinajstić information content (AvgIpc) is 2.75. The number of hydrogen-bond donors (Lipinski definition) is 0. The summed E-state index contributed by atoms with van der Waals surface area (Å²) in [5.74, 6) is 0.0843. The number of cyclic esters (lactones) is 1. The van der Waals surface area contributed by atoms with Gasteiger partial charge in [-0.1, -0.05) is 19.1 Å². The lowest BCUT2D eigenvalue weighted by Crippen LogP contribution is -2.24. The number of nitrogens with zero attached hydrogens (tertiary/aromatic N) is 1. The minimum Gasteiger partial charge on any atom is -0.447 e. The maximum absolute atomic E-state index is 11.7. The molecule has 0 bridgehead atoms. The van der Waals surface area contributed by atoms with E-state index in [1.807, 2.05) is 0 Å². The molecular formula is C12H15NO5S. The molecule has 0 spiro atoms. The average molecular weight is 285 g/mol. The molecule has 2 rings (SSSR count). The van der Waals surface area contributed by atoms with Crippen LogP contribution in [-0.4, -0.2) is 33.4 Å². The Bertz CT molecular complexity index is 569. The van der Waals surface area contributed by atoms with Crippen LogP contribution in [0.2, 0.25) is 0 Å². The zero-order valence-corrected chi connectivity index (χ0v) is 11.4. The normalized spacial score (nSPS) is 15.4.